The Balaban J connectivity index is 1.93. The van der Waals surface area contributed by atoms with Crippen molar-refractivity contribution in [3.05, 3.63) is 71.3 Å². The number of aryl methyl sites for hydroxylation is 1. The second kappa shape index (κ2) is 4.05. The lowest BCUT2D eigenvalue weighted by atomic mass is 9.82. The van der Waals surface area contributed by atoms with Crippen LogP contribution in [0.25, 0.3) is 33.1 Å². The second-order valence-electron chi connectivity index (χ2n) is 7.17. The van der Waals surface area contributed by atoms with Crippen LogP contribution >= 0.6 is 0 Å². The smallest absolute Gasteiger partial charge is 0.135 e. The number of hydrogen-bond acceptors (Lipinski definition) is 1. The van der Waals surface area contributed by atoms with Crippen molar-refractivity contribution in [2.45, 2.75) is 26.2 Å². The minimum atomic E-state index is 0.0177. The highest BCUT2D eigenvalue weighted by Crippen LogP contribution is 2.50. The largest absolute Gasteiger partial charge is 0.456 e. The maximum absolute atomic E-state index is 6.09. The average molecular weight is 298 g/mol. The molecule has 1 aliphatic carbocycles. The summed E-state index contributed by atoms with van der Waals surface area (Å²) in [6, 6.07) is 19.7. The Morgan fingerprint density at radius 3 is 2.39 bits per heavy atom. The van der Waals surface area contributed by atoms with E-state index < -0.39 is 0 Å². The Hall–Kier alpha value is -2.54. The average Bonchev–Trinajstić information content (AvgIpc) is 3.00. The van der Waals surface area contributed by atoms with E-state index >= 15 is 0 Å². The Labute approximate surface area is 135 Å². The maximum atomic E-state index is 6.09. The molecule has 23 heavy (non-hydrogen) atoms. The van der Waals surface area contributed by atoms with Crippen molar-refractivity contribution in [2.75, 3.05) is 0 Å². The molecule has 1 heterocycles. The van der Waals surface area contributed by atoms with Gasteiger partial charge in [0.1, 0.15) is 11.2 Å². The molecule has 0 N–H and O–H groups in total. The van der Waals surface area contributed by atoms with Crippen molar-refractivity contribution in [1.82, 2.24) is 0 Å². The molecule has 0 amide bonds. The van der Waals surface area contributed by atoms with Crippen LogP contribution in [0.1, 0.15) is 30.5 Å². The third-order valence-electron chi connectivity index (χ3n) is 5.33. The molecule has 0 fully saturated rings. The zero-order valence-electron chi connectivity index (χ0n) is 13.6. The molecule has 1 heteroatoms. The van der Waals surface area contributed by atoms with Crippen molar-refractivity contribution in [2.24, 2.45) is 0 Å². The van der Waals surface area contributed by atoms with Gasteiger partial charge in [0.05, 0.1) is 0 Å². The molecule has 5 rings (SSSR count). The highest BCUT2D eigenvalue weighted by Gasteiger charge is 2.36. The summed E-state index contributed by atoms with van der Waals surface area (Å²) in [5.74, 6) is 0. The van der Waals surface area contributed by atoms with Crippen LogP contribution in [0, 0.1) is 6.92 Å². The van der Waals surface area contributed by atoms with Crippen LogP contribution in [-0.4, -0.2) is 0 Å². The van der Waals surface area contributed by atoms with E-state index in [-0.39, 0.29) is 5.41 Å². The number of rotatable bonds is 0. The molecule has 112 valence electrons. The number of para-hydroxylation sites is 1. The minimum absolute atomic E-state index is 0.0177. The van der Waals surface area contributed by atoms with Gasteiger partial charge in [0.2, 0.25) is 0 Å². The number of furan rings is 1. The normalized spacial score (nSPS) is 15.1. The van der Waals surface area contributed by atoms with Crippen molar-refractivity contribution in [3.63, 3.8) is 0 Å². The quantitative estimate of drug-likeness (QED) is 0.376. The number of fused-ring (bicyclic) bond motifs is 6. The molecule has 0 unspecified atom stereocenters. The molecule has 0 aliphatic heterocycles. The topological polar surface area (TPSA) is 13.1 Å². The summed E-state index contributed by atoms with van der Waals surface area (Å²) in [6.45, 7) is 6.79. The SMILES string of the molecule is Cc1ccc2c(c1)C(C)(C)c1cc3oc4ccccc4c3cc1-2. The van der Waals surface area contributed by atoms with Gasteiger partial charge in [-0.3, -0.25) is 0 Å². The second-order valence-corrected chi connectivity index (χ2v) is 7.17. The van der Waals surface area contributed by atoms with Gasteiger partial charge in [-0.25, -0.2) is 0 Å². The van der Waals surface area contributed by atoms with Crippen LogP contribution in [0.15, 0.2) is 59.0 Å². The summed E-state index contributed by atoms with van der Waals surface area (Å²) in [7, 11) is 0. The van der Waals surface area contributed by atoms with Gasteiger partial charge < -0.3 is 4.42 Å². The summed E-state index contributed by atoms with van der Waals surface area (Å²) in [5, 5.41) is 2.41. The highest BCUT2D eigenvalue weighted by molar-refractivity contribution is 6.07. The predicted octanol–water partition coefficient (Wildman–Crippen LogP) is 6.20. The van der Waals surface area contributed by atoms with E-state index in [1.165, 1.54) is 38.6 Å². The van der Waals surface area contributed by atoms with E-state index in [1.54, 1.807) is 0 Å². The molecule has 0 radical (unpaired) electrons. The van der Waals surface area contributed by atoms with Gasteiger partial charge in [-0.2, -0.15) is 0 Å². The lowest BCUT2D eigenvalue weighted by Crippen LogP contribution is -2.15. The third-order valence-corrected chi connectivity index (χ3v) is 5.33. The molecule has 0 saturated heterocycles. The molecule has 4 aromatic rings. The summed E-state index contributed by atoms with van der Waals surface area (Å²) < 4.78 is 6.09. The van der Waals surface area contributed by atoms with Gasteiger partial charge >= 0.3 is 0 Å². The van der Waals surface area contributed by atoms with Crippen molar-refractivity contribution >= 4 is 21.9 Å². The lowest BCUT2D eigenvalue weighted by molar-refractivity contribution is 0.647. The molecule has 1 aliphatic rings. The van der Waals surface area contributed by atoms with E-state index in [4.69, 9.17) is 4.42 Å². The molecule has 0 atom stereocenters. The minimum Gasteiger partial charge on any atom is -0.456 e. The zero-order chi connectivity index (χ0) is 15.8. The van der Waals surface area contributed by atoms with Crippen LogP contribution in [0.3, 0.4) is 0 Å². The monoisotopic (exact) mass is 298 g/mol. The Bertz CT molecular complexity index is 1100. The van der Waals surface area contributed by atoms with Crippen LogP contribution in [0.4, 0.5) is 0 Å². The molecular formula is C22H18O. The molecule has 3 aromatic carbocycles. The van der Waals surface area contributed by atoms with Crippen molar-refractivity contribution in [1.29, 1.82) is 0 Å². The van der Waals surface area contributed by atoms with E-state index in [0.29, 0.717) is 0 Å². The first-order valence-electron chi connectivity index (χ1n) is 8.13. The maximum Gasteiger partial charge on any atom is 0.135 e. The standard InChI is InChI=1S/C22H18O/c1-13-8-9-14-16-11-17-15-6-4-5-7-20(15)23-21(17)12-19(16)22(2,3)18(14)10-13/h4-12H,1-3H3. The predicted molar refractivity (Wildman–Crippen MR) is 96.0 cm³/mol. The first kappa shape index (κ1) is 13.0. The Morgan fingerprint density at radius 2 is 1.52 bits per heavy atom. The molecule has 0 bridgehead atoms. The van der Waals surface area contributed by atoms with E-state index in [1.807, 2.05) is 12.1 Å². The molecule has 1 nitrogen and oxygen atoms in total. The van der Waals surface area contributed by atoms with E-state index in [2.05, 4.69) is 63.2 Å². The fraction of sp³-hybridized carbons (Fsp3) is 0.182. The number of benzene rings is 3. The lowest BCUT2D eigenvalue weighted by Gasteiger charge is -2.21. The fourth-order valence-electron chi connectivity index (χ4n) is 4.07. The van der Waals surface area contributed by atoms with E-state index in [9.17, 15) is 0 Å². The Kier molecular flexibility index (Phi) is 2.28. The summed E-state index contributed by atoms with van der Waals surface area (Å²) in [4.78, 5) is 0. The first-order valence-corrected chi connectivity index (χ1v) is 8.13. The van der Waals surface area contributed by atoms with Crippen molar-refractivity contribution in [3.8, 4) is 11.1 Å². The molecular weight excluding hydrogens is 280 g/mol. The Morgan fingerprint density at radius 1 is 0.739 bits per heavy atom. The summed E-state index contributed by atoms with van der Waals surface area (Å²) >= 11 is 0. The van der Waals surface area contributed by atoms with Gasteiger partial charge in [0.25, 0.3) is 0 Å². The zero-order valence-corrected chi connectivity index (χ0v) is 13.6. The van der Waals surface area contributed by atoms with Gasteiger partial charge in [0, 0.05) is 16.2 Å². The van der Waals surface area contributed by atoms with Gasteiger partial charge in [-0.15, -0.1) is 0 Å². The molecule has 0 saturated carbocycles. The van der Waals surface area contributed by atoms with Crippen LogP contribution < -0.4 is 0 Å². The number of hydrogen-bond donors (Lipinski definition) is 0. The fourth-order valence-corrected chi connectivity index (χ4v) is 4.07. The van der Waals surface area contributed by atoms with Crippen molar-refractivity contribution < 1.29 is 4.42 Å². The van der Waals surface area contributed by atoms with E-state index in [0.717, 1.165) is 11.2 Å². The molecule has 1 aromatic heterocycles. The first-order chi connectivity index (χ1) is 11.1. The highest BCUT2D eigenvalue weighted by atomic mass is 16.3. The van der Waals surface area contributed by atoms with Crippen LogP contribution in [0.5, 0.6) is 0 Å². The third kappa shape index (κ3) is 1.57. The van der Waals surface area contributed by atoms with Crippen LogP contribution in [0.2, 0.25) is 0 Å². The van der Waals surface area contributed by atoms with Gasteiger partial charge in [0.15, 0.2) is 0 Å². The summed E-state index contributed by atoms with van der Waals surface area (Å²) in [6.07, 6.45) is 0. The van der Waals surface area contributed by atoms with Gasteiger partial charge in [-0.05, 0) is 47.4 Å². The van der Waals surface area contributed by atoms with Gasteiger partial charge in [-0.1, -0.05) is 55.8 Å². The van der Waals surface area contributed by atoms with Crippen LogP contribution in [-0.2, 0) is 5.41 Å². The molecule has 0 spiro atoms. The summed E-state index contributed by atoms with van der Waals surface area (Å²) in [5.41, 5.74) is 8.79.